The fourth-order valence-corrected chi connectivity index (χ4v) is 5.05. The summed E-state index contributed by atoms with van der Waals surface area (Å²) in [7, 11) is 3.27. The van der Waals surface area contributed by atoms with Gasteiger partial charge in [-0.15, -0.1) is 0 Å². The molecular weight excluding hydrogens is 524 g/mol. The van der Waals surface area contributed by atoms with Crippen LogP contribution >= 0.6 is 0 Å². The van der Waals surface area contributed by atoms with Gasteiger partial charge in [-0.25, -0.2) is 0 Å². The first-order chi connectivity index (χ1) is 19.5. The molecule has 0 saturated carbocycles. The lowest BCUT2D eigenvalue weighted by Crippen LogP contribution is -2.38. The van der Waals surface area contributed by atoms with E-state index in [-0.39, 0.29) is 29.1 Å². The van der Waals surface area contributed by atoms with Crippen LogP contribution in [0.15, 0.2) is 60.7 Å². The SMILES string of the molecule is COc1ccc([C@@H](C(=O)Nc2ccc(C(C)C)cc2)N(C)C(=O)CCc2cc(C(C)(C)C)c(O)c(C(C)(C)C)c2)cc1. The molecule has 0 aliphatic carbocycles. The smallest absolute Gasteiger partial charge is 0.251 e. The van der Waals surface area contributed by atoms with Gasteiger partial charge in [-0.05, 0) is 75.3 Å². The molecule has 226 valence electrons. The van der Waals surface area contributed by atoms with Gasteiger partial charge in [0.15, 0.2) is 0 Å². The van der Waals surface area contributed by atoms with Crippen LogP contribution in [0.1, 0.15) is 102 Å². The molecule has 3 rings (SSSR count). The minimum atomic E-state index is -0.830. The number of aryl methyl sites for hydroxylation is 1. The number of nitrogens with zero attached hydrogens (tertiary/aromatic N) is 1. The monoisotopic (exact) mass is 572 g/mol. The normalized spacial score (nSPS) is 12.6. The van der Waals surface area contributed by atoms with E-state index in [2.05, 4.69) is 60.7 Å². The maximum absolute atomic E-state index is 13.7. The van der Waals surface area contributed by atoms with Gasteiger partial charge in [0.1, 0.15) is 17.5 Å². The molecule has 0 heterocycles. The van der Waals surface area contributed by atoms with Gasteiger partial charge in [-0.1, -0.05) is 91.8 Å². The predicted molar refractivity (Wildman–Crippen MR) is 171 cm³/mol. The molecule has 1 atom stereocenters. The first-order valence-corrected chi connectivity index (χ1v) is 14.7. The molecular formula is C36H48N2O4. The number of phenolic OH excluding ortho intramolecular Hbond substituents is 1. The van der Waals surface area contributed by atoms with E-state index in [1.165, 1.54) is 10.5 Å². The zero-order valence-corrected chi connectivity index (χ0v) is 27.0. The Hall–Kier alpha value is -3.80. The Bertz CT molecular complexity index is 1340. The number of likely N-dealkylation sites (N-methyl/N-ethyl adjacent to an activating group) is 1. The molecule has 2 N–H and O–H groups in total. The molecule has 0 unspecified atom stereocenters. The first-order valence-electron chi connectivity index (χ1n) is 14.7. The Morgan fingerprint density at radius 1 is 0.857 bits per heavy atom. The van der Waals surface area contributed by atoms with Crippen molar-refractivity contribution < 1.29 is 19.4 Å². The summed E-state index contributed by atoms with van der Waals surface area (Å²) in [5.74, 6) is 0.942. The molecule has 0 aromatic heterocycles. The van der Waals surface area contributed by atoms with Crippen molar-refractivity contribution in [2.24, 2.45) is 0 Å². The Morgan fingerprint density at radius 2 is 1.36 bits per heavy atom. The van der Waals surface area contributed by atoms with Crippen molar-refractivity contribution in [1.29, 1.82) is 0 Å². The summed E-state index contributed by atoms with van der Waals surface area (Å²) >= 11 is 0. The molecule has 3 aromatic rings. The van der Waals surface area contributed by atoms with Crippen molar-refractivity contribution in [3.05, 3.63) is 88.5 Å². The number of ether oxygens (including phenoxy) is 1. The lowest BCUT2D eigenvalue weighted by atomic mass is 9.78. The Balaban J connectivity index is 1.88. The largest absolute Gasteiger partial charge is 0.507 e. The number of carbonyl (C=O) groups is 2. The number of aromatic hydroxyl groups is 1. The van der Waals surface area contributed by atoms with Crippen molar-refractivity contribution in [2.45, 2.75) is 91.0 Å². The van der Waals surface area contributed by atoms with E-state index in [1.807, 2.05) is 48.5 Å². The average Bonchev–Trinajstić information content (AvgIpc) is 2.91. The van der Waals surface area contributed by atoms with Gasteiger partial charge in [0.25, 0.3) is 5.91 Å². The fourth-order valence-electron chi connectivity index (χ4n) is 5.05. The second-order valence-corrected chi connectivity index (χ2v) is 13.5. The zero-order valence-electron chi connectivity index (χ0n) is 27.0. The summed E-state index contributed by atoms with van der Waals surface area (Å²) in [6.07, 6.45) is 0.709. The molecule has 2 amide bonds. The quantitative estimate of drug-likeness (QED) is 0.273. The van der Waals surface area contributed by atoms with Gasteiger partial charge < -0.3 is 20.1 Å². The fraction of sp³-hybridized carbons (Fsp3) is 0.444. The first kappa shape index (κ1) is 32.7. The Labute approximate surface area is 252 Å². The van der Waals surface area contributed by atoms with E-state index in [4.69, 9.17) is 4.74 Å². The third kappa shape index (κ3) is 7.93. The summed E-state index contributed by atoms with van der Waals surface area (Å²) in [5.41, 5.74) is 4.76. The molecule has 0 spiro atoms. The van der Waals surface area contributed by atoms with Crippen molar-refractivity contribution >= 4 is 17.5 Å². The van der Waals surface area contributed by atoms with Crippen LogP contribution in [-0.4, -0.2) is 36.0 Å². The number of methoxy groups -OCH3 is 1. The molecule has 0 fully saturated rings. The lowest BCUT2D eigenvalue weighted by Gasteiger charge is -2.29. The van der Waals surface area contributed by atoms with Gasteiger partial charge >= 0.3 is 0 Å². The minimum absolute atomic E-state index is 0.149. The maximum atomic E-state index is 13.7. The molecule has 0 saturated heterocycles. The summed E-state index contributed by atoms with van der Waals surface area (Å²) in [6, 6.07) is 18.2. The highest BCUT2D eigenvalue weighted by molar-refractivity contribution is 5.97. The Morgan fingerprint density at radius 3 is 1.81 bits per heavy atom. The number of hydrogen-bond acceptors (Lipinski definition) is 4. The second-order valence-electron chi connectivity index (χ2n) is 13.5. The van der Waals surface area contributed by atoms with E-state index < -0.39 is 6.04 Å². The van der Waals surface area contributed by atoms with E-state index in [1.54, 1.807) is 26.3 Å². The molecule has 0 bridgehead atoms. The van der Waals surface area contributed by atoms with Crippen LogP contribution in [0, 0.1) is 0 Å². The topological polar surface area (TPSA) is 78.9 Å². The van der Waals surface area contributed by atoms with Crippen LogP contribution in [0.4, 0.5) is 5.69 Å². The average molecular weight is 573 g/mol. The van der Waals surface area contributed by atoms with Crippen LogP contribution in [0.25, 0.3) is 0 Å². The van der Waals surface area contributed by atoms with Crippen LogP contribution in [0.3, 0.4) is 0 Å². The van der Waals surface area contributed by atoms with Gasteiger partial charge in [0, 0.05) is 19.2 Å². The second kappa shape index (κ2) is 13.0. The highest BCUT2D eigenvalue weighted by Gasteiger charge is 2.30. The predicted octanol–water partition coefficient (Wildman–Crippen LogP) is 7.89. The highest BCUT2D eigenvalue weighted by Crippen LogP contribution is 2.40. The Kier molecular flexibility index (Phi) is 10.1. The van der Waals surface area contributed by atoms with Crippen LogP contribution in [-0.2, 0) is 26.8 Å². The summed E-state index contributed by atoms with van der Waals surface area (Å²) < 4.78 is 5.31. The maximum Gasteiger partial charge on any atom is 0.251 e. The number of benzene rings is 3. The van der Waals surface area contributed by atoms with E-state index in [0.29, 0.717) is 35.1 Å². The van der Waals surface area contributed by atoms with Crippen molar-refractivity contribution in [1.82, 2.24) is 4.90 Å². The number of rotatable bonds is 9. The number of phenols is 1. The van der Waals surface area contributed by atoms with E-state index >= 15 is 0 Å². The third-order valence-electron chi connectivity index (χ3n) is 7.72. The molecule has 3 aromatic carbocycles. The van der Waals surface area contributed by atoms with Crippen LogP contribution < -0.4 is 10.1 Å². The third-order valence-corrected chi connectivity index (χ3v) is 7.72. The minimum Gasteiger partial charge on any atom is -0.507 e. The standard InChI is InChI=1S/C36H48N2O4/c1-23(2)25-12-16-27(17-13-25)37-34(41)32(26-14-18-28(42-10)19-15-26)38(9)31(39)20-11-24-21-29(35(3,4)5)33(40)30(22-24)36(6,7)8/h12-19,21-23,32,40H,11,20H2,1-10H3,(H,37,41)/t32-/m0/s1. The van der Waals surface area contributed by atoms with Gasteiger partial charge in [-0.2, -0.15) is 0 Å². The molecule has 0 radical (unpaired) electrons. The molecule has 0 aliphatic rings. The summed E-state index contributed by atoms with van der Waals surface area (Å²) in [6.45, 7) is 16.7. The molecule has 0 aliphatic heterocycles. The van der Waals surface area contributed by atoms with E-state index in [9.17, 15) is 14.7 Å². The van der Waals surface area contributed by atoms with Crippen LogP contribution in [0.5, 0.6) is 11.5 Å². The number of nitrogens with one attached hydrogen (secondary N) is 1. The lowest BCUT2D eigenvalue weighted by molar-refractivity contribution is -0.137. The molecule has 42 heavy (non-hydrogen) atoms. The van der Waals surface area contributed by atoms with Crippen molar-refractivity contribution in [3.63, 3.8) is 0 Å². The number of carbonyl (C=O) groups excluding carboxylic acids is 2. The van der Waals surface area contributed by atoms with Gasteiger partial charge in [-0.3, -0.25) is 9.59 Å². The zero-order chi connectivity index (χ0) is 31.4. The molecule has 6 heteroatoms. The van der Waals surface area contributed by atoms with Crippen molar-refractivity contribution in [3.8, 4) is 11.5 Å². The highest BCUT2D eigenvalue weighted by atomic mass is 16.5. The summed E-state index contributed by atoms with van der Waals surface area (Å²) in [5, 5.41) is 14.1. The van der Waals surface area contributed by atoms with E-state index in [0.717, 1.165) is 16.7 Å². The number of amides is 2. The number of anilines is 1. The van der Waals surface area contributed by atoms with Gasteiger partial charge in [0.05, 0.1) is 7.11 Å². The van der Waals surface area contributed by atoms with Gasteiger partial charge in [0.2, 0.25) is 5.91 Å². The van der Waals surface area contributed by atoms with Crippen LogP contribution in [0.2, 0.25) is 0 Å². The summed E-state index contributed by atoms with van der Waals surface area (Å²) in [4.78, 5) is 28.8. The van der Waals surface area contributed by atoms with Crippen molar-refractivity contribution in [2.75, 3.05) is 19.5 Å². The number of hydrogen-bond donors (Lipinski definition) is 2. The molecule has 6 nitrogen and oxygen atoms in total.